The van der Waals surface area contributed by atoms with Gasteiger partial charge in [0.15, 0.2) is 0 Å². The number of carbonyl (C=O) groups excluding carboxylic acids is 1. The Morgan fingerprint density at radius 3 is 2.65 bits per heavy atom. The first-order valence-electron chi connectivity index (χ1n) is 6.40. The fraction of sp³-hybridized carbons (Fsp3) is 0.357. The van der Waals surface area contributed by atoms with Gasteiger partial charge < -0.3 is 9.47 Å². The highest BCUT2D eigenvalue weighted by Crippen LogP contribution is 2.41. The van der Waals surface area contributed by atoms with Gasteiger partial charge in [-0.3, -0.25) is 4.84 Å². The number of esters is 1. The Kier molecular flexibility index (Phi) is 4.88. The van der Waals surface area contributed by atoms with Gasteiger partial charge in [0.1, 0.15) is 5.75 Å². The number of carbonyl (C=O) groups is 1. The maximum absolute atomic E-state index is 13.2. The van der Waals surface area contributed by atoms with Gasteiger partial charge in [-0.25, -0.2) is 10.7 Å². The number of aryl methyl sites for hydroxylation is 1. The van der Waals surface area contributed by atoms with Crippen molar-refractivity contribution in [1.82, 2.24) is 0 Å². The van der Waals surface area contributed by atoms with E-state index >= 15 is 0 Å². The smallest absolute Gasteiger partial charge is 0.430 e. The summed E-state index contributed by atoms with van der Waals surface area (Å²) in [6.07, 6.45) is -6.18. The lowest BCUT2D eigenvalue weighted by atomic mass is 9.96. The molecule has 2 N–H and O–H groups in total. The third-order valence-electron chi connectivity index (χ3n) is 3.31. The predicted molar refractivity (Wildman–Crippen MR) is 75.6 cm³/mol. The van der Waals surface area contributed by atoms with E-state index in [-0.39, 0.29) is 5.75 Å². The highest BCUT2D eigenvalue weighted by Gasteiger charge is 2.49. The van der Waals surface area contributed by atoms with Crippen molar-refractivity contribution in [1.29, 1.82) is 0 Å². The summed E-state index contributed by atoms with van der Waals surface area (Å²) in [6.45, 7) is 2.59. The summed E-state index contributed by atoms with van der Waals surface area (Å²) in [5.74, 6) is 3.46. The topological polar surface area (TPSA) is 70.8 Å². The van der Waals surface area contributed by atoms with Crippen LogP contribution in [0.1, 0.15) is 16.7 Å². The molecule has 1 aliphatic heterocycles. The minimum absolute atomic E-state index is 0.00153. The van der Waals surface area contributed by atoms with Crippen molar-refractivity contribution >= 4 is 23.6 Å². The van der Waals surface area contributed by atoms with E-state index in [2.05, 4.69) is 9.57 Å². The van der Waals surface area contributed by atoms with Crippen molar-refractivity contribution in [3.8, 4) is 5.75 Å². The average molecular weight is 352 g/mol. The van der Waals surface area contributed by atoms with Crippen LogP contribution in [0.5, 0.6) is 5.75 Å². The molecule has 0 fully saturated rings. The average Bonchev–Trinajstić information content (AvgIpc) is 2.48. The molecule has 0 saturated heterocycles. The molecule has 0 amide bonds. The highest BCUT2D eigenvalue weighted by molar-refractivity contribution is 6.32. The van der Waals surface area contributed by atoms with Crippen LogP contribution in [-0.2, 0) is 14.4 Å². The zero-order valence-corrected chi connectivity index (χ0v) is 12.9. The monoisotopic (exact) mass is 351 g/mol. The third-order valence-corrected chi connectivity index (χ3v) is 3.89. The van der Waals surface area contributed by atoms with Crippen LogP contribution in [0.3, 0.4) is 0 Å². The van der Waals surface area contributed by atoms with Crippen molar-refractivity contribution < 1.29 is 32.3 Å². The first-order valence-corrected chi connectivity index (χ1v) is 6.78. The molecule has 0 bridgehead atoms. The molecule has 0 spiro atoms. The first kappa shape index (κ1) is 17.6. The molecule has 0 aromatic heterocycles. The van der Waals surface area contributed by atoms with Crippen LogP contribution in [0.4, 0.5) is 13.2 Å². The predicted octanol–water partition coefficient (Wildman–Crippen LogP) is 3.05. The zero-order chi connectivity index (χ0) is 17.4. The molecule has 23 heavy (non-hydrogen) atoms. The lowest BCUT2D eigenvalue weighted by molar-refractivity contribution is -0.190. The Morgan fingerprint density at radius 2 is 2.09 bits per heavy atom. The van der Waals surface area contributed by atoms with Crippen molar-refractivity contribution in [3.05, 3.63) is 33.4 Å². The molecule has 1 unspecified atom stereocenters. The van der Waals surface area contributed by atoms with Crippen molar-refractivity contribution in [2.45, 2.75) is 26.1 Å². The van der Waals surface area contributed by atoms with E-state index < -0.39 is 30.6 Å². The Labute approximate surface area is 134 Å². The Balaban J connectivity index is 2.55. The summed E-state index contributed by atoms with van der Waals surface area (Å²) >= 11 is 6.09. The Morgan fingerprint density at radius 1 is 1.43 bits per heavy atom. The fourth-order valence-corrected chi connectivity index (χ4v) is 2.37. The number of halogens is 4. The third kappa shape index (κ3) is 3.44. The molecule has 1 aromatic carbocycles. The number of fused-ring (bicyclic) bond motifs is 1. The van der Waals surface area contributed by atoms with Crippen LogP contribution in [0, 0.1) is 13.8 Å². The normalized spacial score (nSPS) is 17.2. The number of benzene rings is 1. The minimum atomic E-state index is -4.80. The molecular weight excluding hydrogens is 339 g/mol. The molecule has 0 aliphatic carbocycles. The molecule has 1 atom stereocenters. The van der Waals surface area contributed by atoms with Gasteiger partial charge in [0, 0.05) is 10.6 Å². The lowest BCUT2D eigenvalue weighted by Gasteiger charge is -2.29. The van der Waals surface area contributed by atoms with Crippen LogP contribution in [0.15, 0.2) is 11.6 Å². The molecule has 2 rings (SSSR count). The summed E-state index contributed by atoms with van der Waals surface area (Å²) in [7, 11) is 0. The van der Waals surface area contributed by atoms with E-state index in [0.717, 1.165) is 6.08 Å². The van der Waals surface area contributed by atoms with Gasteiger partial charge in [0.2, 0.25) is 12.9 Å². The largest absolute Gasteiger partial charge is 0.475 e. The minimum Gasteiger partial charge on any atom is -0.475 e. The highest BCUT2D eigenvalue weighted by atomic mass is 35.5. The van der Waals surface area contributed by atoms with E-state index in [4.69, 9.17) is 22.2 Å². The van der Waals surface area contributed by atoms with E-state index in [1.165, 1.54) is 6.07 Å². The number of hydrogen-bond donors (Lipinski definition) is 1. The van der Waals surface area contributed by atoms with Gasteiger partial charge in [0.05, 0.1) is 5.57 Å². The molecule has 9 heteroatoms. The van der Waals surface area contributed by atoms with Crippen molar-refractivity contribution in [2.75, 3.05) is 6.79 Å². The van der Waals surface area contributed by atoms with Crippen LogP contribution in [-0.4, -0.2) is 25.0 Å². The molecular formula is C14H13ClF3NO4. The standard InChI is InChI=1S/C14H13ClF3NO4/c1-6-3-10-8(7(2)11(6)15)4-9(13(20)21-5-22-19)12(23-10)14(16,17)18/h3-4,12H,5,19H2,1-2H3. The number of hydrogen-bond acceptors (Lipinski definition) is 5. The first-order chi connectivity index (χ1) is 10.7. The second-order valence-corrected chi connectivity index (χ2v) is 5.28. The number of nitrogens with two attached hydrogens (primary N) is 1. The zero-order valence-electron chi connectivity index (χ0n) is 12.2. The second-order valence-electron chi connectivity index (χ2n) is 4.90. The summed E-state index contributed by atoms with van der Waals surface area (Å²) in [5.41, 5.74) is 0.661. The summed E-state index contributed by atoms with van der Waals surface area (Å²) in [4.78, 5) is 15.9. The van der Waals surface area contributed by atoms with Crippen molar-refractivity contribution in [2.24, 2.45) is 5.90 Å². The van der Waals surface area contributed by atoms with Crippen LogP contribution >= 0.6 is 11.6 Å². The maximum Gasteiger partial charge on any atom is 0.430 e. The molecule has 0 saturated carbocycles. The van der Waals surface area contributed by atoms with Gasteiger partial charge in [-0.05, 0) is 37.1 Å². The molecule has 1 heterocycles. The van der Waals surface area contributed by atoms with E-state index in [9.17, 15) is 18.0 Å². The van der Waals surface area contributed by atoms with Crippen molar-refractivity contribution in [3.63, 3.8) is 0 Å². The number of rotatable bonds is 3. The second kappa shape index (κ2) is 6.38. The van der Waals surface area contributed by atoms with Gasteiger partial charge in [-0.15, -0.1) is 0 Å². The van der Waals surface area contributed by atoms with Crippen LogP contribution < -0.4 is 10.6 Å². The molecule has 5 nitrogen and oxygen atoms in total. The van der Waals surface area contributed by atoms with Gasteiger partial charge in [-0.2, -0.15) is 13.2 Å². The maximum atomic E-state index is 13.2. The Bertz CT molecular complexity index is 673. The molecule has 1 aliphatic rings. The van der Waals surface area contributed by atoms with E-state index in [0.29, 0.717) is 21.7 Å². The van der Waals surface area contributed by atoms with Gasteiger partial charge in [0.25, 0.3) is 0 Å². The fourth-order valence-electron chi connectivity index (χ4n) is 2.22. The SMILES string of the molecule is Cc1cc2c(c(C)c1Cl)C=C(C(=O)OCON)C(C(F)(F)F)O2. The molecule has 1 aromatic rings. The lowest BCUT2D eigenvalue weighted by Crippen LogP contribution is -2.41. The molecule has 126 valence electrons. The molecule has 0 radical (unpaired) electrons. The summed E-state index contributed by atoms with van der Waals surface area (Å²) in [6, 6.07) is 1.39. The Hall–Kier alpha value is -1.77. The van der Waals surface area contributed by atoms with Crippen LogP contribution in [0.2, 0.25) is 5.02 Å². The number of ether oxygens (including phenoxy) is 2. The van der Waals surface area contributed by atoms with E-state index in [1.807, 2.05) is 0 Å². The summed E-state index contributed by atoms with van der Waals surface area (Å²) in [5, 5.41) is 0.382. The number of alkyl halides is 3. The quantitative estimate of drug-likeness (QED) is 0.515. The summed E-state index contributed by atoms with van der Waals surface area (Å²) < 4.78 is 49.1. The van der Waals surface area contributed by atoms with E-state index in [1.54, 1.807) is 13.8 Å². The van der Waals surface area contributed by atoms with Crippen LogP contribution in [0.25, 0.3) is 6.08 Å². The van der Waals surface area contributed by atoms with Gasteiger partial charge >= 0.3 is 12.1 Å². The van der Waals surface area contributed by atoms with Gasteiger partial charge in [-0.1, -0.05) is 11.6 Å².